The molecule has 0 unspecified atom stereocenters. The Hall–Kier alpha value is -2.82. The zero-order valence-electron chi connectivity index (χ0n) is 15.9. The first-order valence-electron chi connectivity index (χ1n) is 9.40. The fourth-order valence-corrected chi connectivity index (χ4v) is 2.45. The van der Waals surface area contributed by atoms with E-state index in [0.717, 1.165) is 18.6 Å². The number of unbranched alkanes of at least 4 members (excludes halogenated alkanes) is 3. The van der Waals surface area contributed by atoms with Crippen molar-refractivity contribution in [3.63, 3.8) is 0 Å². The number of ether oxygens (including phenoxy) is 2. The second-order valence-corrected chi connectivity index (χ2v) is 6.34. The first-order chi connectivity index (χ1) is 13.1. The van der Waals surface area contributed by atoms with Crippen LogP contribution in [-0.4, -0.2) is 24.6 Å². The van der Waals surface area contributed by atoms with E-state index in [1.807, 2.05) is 18.2 Å². The molecule has 0 aliphatic rings. The molecule has 0 heterocycles. The summed E-state index contributed by atoms with van der Waals surface area (Å²) in [6.07, 6.45) is 3.69. The number of hydrogen-bond donors (Lipinski definition) is 1. The molecular weight excluding hydrogens is 342 g/mol. The third-order valence-corrected chi connectivity index (χ3v) is 4.05. The highest BCUT2D eigenvalue weighted by Crippen LogP contribution is 2.15. The second-order valence-electron chi connectivity index (χ2n) is 6.34. The number of esters is 1. The Morgan fingerprint density at radius 3 is 2.33 bits per heavy atom. The number of para-hydroxylation sites is 1. The average Bonchev–Trinajstić information content (AvgIpc) is 2.69. The first-order valence-corrected chi connectivity index (χ1v) is 9.40. The van der Waals surface area contributed by atoms with Gasteiger partial charge in [0, 0.05) is 5.69 Å². The minimum absolute atomic E-state index is 0.374. The molecule has 0 spiro atoms. The quantitative estimate of drug-likeness (QED) is 0.481. The first kappa shape index (κ1) is 20.5. The normalized spacial score (nSPS) is 11.5. The van der Waals surface area contributed by atoms with E-state index in [1.165, 1.54) is 12.8 Å². The van der Waals surface area contributed by atoms with Crippen LogP contribution in [0.15, 0.2) is 54.6 Å². The lowest BCUT2D eigenvalue weighted by atomic mass is 10.2. The van der Waals surface area contributed by atoms with Crippen LogP contribution < -0.4 is 10.1 Å². The zero-order chi connectivity index (χ0) is 19.5. The highest BCUT2D eigenvalue weighted by Gasteiger charge is 2.19. The maximum absolute atomic E-state index is 12.2. The number of amides is 1. The summed E-state index contributed by atoms with van der Waals surface area (Å²) < 4.78 is 10.9. The van der Waals surface area contributed by atoms with Crippen LogP contribution in [0.1, 0.15) is 49.9 Å². The van der Waals surface area contributed by atoms with Crippen LogP contribution in [-0.2, 0) is 9.53 Å². The lowest BCUT2D eigenvalue weighted by molar-refractivity contribution is -0.123. The van der Waals surface area contributed by atoms with Crippen LogP contribution in [0.4, 0.5) is 5.69 Å². The Kier molecular flexibility index (Phi) is 8.36. The molecule has 1 N–H and O–H groups in total. The number of carbonyl (C=O) groups excluding carboxylic acids is 2. The summed E-state index contributed by atoms with van der Waals surface area (Å²) in [4.78, 5) is 24.3. The van der Waals surface area contributed by atoms with Gasteiger partial charge in [-0.2, -0.15) is 0 Å². The van der Waals surface area contributed by atoms with Gasteiger partial charge >= 0.3 is 5.97 Å². The minimum Gasteiger partial charge on any atom is -0.494 e. The van der Waals surface area contributed by atoms with Crippen molar-refractivity contribution in [2.45, 2.75) is 45.6 Å². The highest BCUT2D eigenvalue weighted by molar-refractivity contribution is 5.97. The third-order valence-electron chi connectivity index (χ3n) is 4.05. The van der Waals surface area contributed by atoms with Gasteiger partial charge < -0.3 is 14.8 Å². The van der Waals surface area contributed by atoms with Gasteiger partial charge in [-0.15, -0.1) is 0 Å². The lowest BCUT2D eigenvalue weighted by Crippen LogP contribution is -2.29. The van der Waals surface area contributed by atoms with Gasteiger partial charge in [-0.25, -0.2) is 4.79 Å². The van der Waals surface area contributed by atoms with Crippen molar-refractivity contribution in [2.24, 2.45) is 0 Å². The highest BCUT2D eigenvalue weighted by atomic mass is 16.5. The summed E-state index contributed by atoms with van der Waals surface area (Å²) in [6.45, 7) is 4.38. The van der Waals surface area contributed by atoms with Crippen molar-refractivity contribution in [3.05, 3.63) is 60.2 Å². The average molecular weight is 369 g/mol. The Morgan fingerprint density at radius 1 is 0.963 bits per heavy atom. The largest absolute Gasteiger partial charge is 0.494 e. The van der Waals surface area contributed by atoms with E-state index < -0.39 is 12.1 Å². The summed E-state index contributed by atoms with van der Waals surface area (Å²) in [5, 5.41) is 2.71. The van der Waals surface area contributed by atoms with E-state index >= 15 is 0 Å². The molecule has 5 heteroatoms. The summed E-state index contributed by atoms with van der Waals surface area (Å²) in [5.41, 5.74) is 1.04. The van der Waals surface area contributed by atoms with Gasteiger partial charge in [-0.1, -0.05) is 44.4 Å². The molecule has 0 saturated heterocycles. The number of benzene rings is 2. The van der Waals surface area contributed by atoms with Gasteiger partial charge in [-0.3, -0.25) is 4.79 Å². The fraction of sp³-hybridized carbons (Fsp3) is 0.364. The standard InChI is InChI=1S/C22H27NO4/c1-3-4-5-9-16-26-20-14-12-18(13-15-20)22(25)27-17(2)21(24)23-19-10-7-6-8-11-19/h6-8,10-15,17H,3-5,9,16H2,1-2H3,(H,23,24)/t17-/m1/s1. The zero-order valence-corrected chi connectivity index (χ0v) is 15.9. The van der Waals surface area contributed by atoms with Crippen LogP contribution in [0.2, 0.25) is 0 Å². The lowest BCUT2D eigenvalue weighted by Gasteiger charge is -2.14. The molecule has 1 amide bonds. The van der Waals surface area contributed by atoms with Crippen LogP contribution in [0.5, 0.6) is 5.75 Å². The van der Waals surface area contributed by atoms with E-state index in [2.05, 4.69) is 12.2 Å². The summed E-state index contributed by atoms with van der Waals surface area (Å²) >= 11 is 0. The van der Waals surface area contributed by atoms with Crippen molar-refractivity contribution in [1.82, 2.24) is 0 Å². The molecule has 1 atom stereocenters. The van der Waals surface area contributed by atoms with Crippen molar-refractivity contribution < 1.29 is 19.1 Å². The SMILES string of the molecule is CCCCCCOc1ccc(C(=O)O[C@H](C)C(=O)Nc2ccccc2)cc1. The summed E-state index contributed by atoms with van der Waals surface area (Å²) in [7, 11) is 0. The molecule has 0 aliphatic heterocycles. The smallest absolute Gasteiger partial charge is 0.338 e. The van der Waals surface area contributed by atoms with Gasteiger partial charge in [0.25, 0.3) is 5.91 Å². The Morgan fingerprint density at radius 2 is 1.67 bits per heavy atom. The molecule has 0 aromatic heterocycles. The maximum atomic E-state index is 12.2. The Labute approximate surface area is 160 Å². The van der Waals surface area contributed by atoms with Crippen LogP contribution in [0.25, 0.3) is 0 Å². The topological polar surface area (TPSA) is 64.6 Å². The van der Waals surface area contributed by atoms with E-state index in [4.69, 9.17) is 9.47 Å². The molecule has 27 heavy (non-hydrogen) atoms. The number of carbonyl (C=O) groups is 2. The predicted octanol–water partition coefficient (Wildman–Crippen LogP) is 4.83. The number of rotatable bonds is 10. The molecule has 5 nitrogen and oxygen atoms in total. The Balaban J connectivity index is 1.80. The predicted molar refractivity (Wildman–Crippen MR) is 106 cm³/mol. The molecule has 144 valence electrons. The molecule has 2 aromatic rings. The second kappa shape index (κ2) is 11.0. The van der Waals surface area contributed by atoms with Crippen LogP contribution >= 0.6 is 0 Å². The van der Waals surface area contributed by atoms with Crippen LogP contribution in [0.3, 0.4) is 0 Å². The Bertz CT molecular complexity index is 713. The molecule has 2 aromatic carbocycles. The van der Waals surface area contributed by atoms with Gasteiger partial charge in [-0.05, 0) is 49.7 Å². The van der Waals surface area contributed by atoms with E-state index in [1.54, 1.807) is 43.3 Å². The van der Waals surface area contributed by atoms with E-state index in [-0.39, 0.29) is 5.91 Å². The molecule has 0 radical (unpaired) electrons. The molecule has 0 fully saturated rings. The monoisotopic (exact) mass is 369 g/mol. The van der Waals surface area contributed by atoms with Gasteiger partial charge in [0.15, 0.2) is 6.10 Å². The van der Waals surface area contributed by atoms with E-state index in [9.17, 15) is 9.59 Å². The summed E-state index contributed by atoms with van der Waals surface area (Å²) in [5.74, 6) is -0.195. The third kappa shape index (κ3) is 7.13. The number of nitrogens with one attached hydrogen (secondary N) is 1. The molecule has 0 bridgehead atoms. The molecule has 2 rings (SSSR count). The maximum Gasteiger partial charge on any atom is 0.338 e. The molecular formula is C22H27NO4. The van der Waals surface area contributed by atoms with Crippen molar-refractivity contribution in [3.8, 4) is 5.75 Å². The minimum atomic E-state index is -0.896. The van der Waals surface area contributed by atoms with Crippen molar-refractivity contribution >= 4 is 17.6 Å². The molecule has 0 saturated carbocycles. The van der Waals surface area contributed by atoms with Gasteiger partial charge in [0.2, 0.25) is 0 Å². The molecule has 0 aliphatic carbocycles. The van der Waals surface area contributed by atoms with Crippen LogP contribution in [0, 0.1) is 0 Å². The number of hydrogen-bond acceptors (Lipinski definition) is 4. The van der Waals surface area contributed by atoms with Crippen molar-refractivity contribution in [2.75, 3.05) is 11.9 Å². The van der Waals surface area contributed by atoms with Gasteiger partial charge in [0.1, 0.15) is 5.75 Å². The fourth-order valence-electron chi connectivity index (χ4n) is 2.45. The van der Waals surface area contributed by atoms with E-state index in [0.29, 0.717) is 17.9 Å². The number of anilines is 1. The summed E-state index contributed by atoms with van der Waals surface area (Å²) in [6, 6.07) is 15.8. The van der Waals surface area contributed by atoms with Crippen molar-refractivity contribution in [1.29, 1.82) is 0 Å². The van der Waals surface area contributed by atoms with Gasteiger partial charge in [0.05, 0.1) is 12.2 Å².